The van der Waals surface area contributed by atoms with Crippen LogP contribution in [0.15, 0.2) is 0 Å². The van der Waals surface area contributed by atoms with Gasteiger partial charge in [-0.1, -0.05) is 13.8 Å². The van der Waals surface area contributed by atoms with Crippen LogP contribution in [0.1, 0.15) is 52.4 Å². The molecule has 4 saturated carbocycles. The van der Waals surface area contributed by atoms with Gasteiger partial charge in [0.2, 0.25) is 5.91 Å². The fraction of sp³-hybridized carbons (Fsp3) is 0.933. The highest BCUT2D eigenvalue weighted by atomic mass is 35.5. The molecule has 4 fully saturated rings. The Balaban J connectivity index is 0.00000133. The molecular formula is C15H27ClN2O. The smallest absolute Gasteiger partial charge is 0.226 e. The molecule has 1 amide bonds. The SMILES string of the molecule is CC12CC3CC(C)(C1)CC(C(=O)NCCN)(C3)C2.Cl. The van der Waals surface area contributed by atoms with Crippen LogP contribution in [0, 0.1) is 22.2 Å². The molecule has 4 aliphatic carbocycles. The molecule has 2 atom stereocenters. The Bertz CT molecular complexity index is 366. The zero-order valence-electron chi connectivity index (χ0n) is 12.1. The van der Waals surface area contributed by atoms with Crippen LogP contribution in [0.4, 0.5) is 0 Å². The molecule has 0 spiro atoms. The van der Waals surface area contributed by atoms with E-state index in [-0.39, 0.29) is 23.7 Å². The molecule has 2 unspecified atom stereocenters. The van der Waals surface area contributed by atoms with E-state index in [0.717, 1.165) is 25.2 Å². The number of nitrogens with two attached hydrogens (primary N) is 1. The van der Waals surface area contributed by atoms with Crippen molar-refractivity contribution < 1.29 is 4.79 Å². The Labute approximate surface area is 122 Å². The molecule has 0 aromatic carbocycles. The third kappa shape index (κ3) is 2.40. The summed E-state index contributed by atoms with van der Waals surface area (Å²) in [7, 11) is 0. The van der Waals surface area contributed by atoms with Crippen molar-refractivity contribution in [2.24, 2.45) is 27.9 Å². The van der Waals surface area contributed by atoms with Crippen molar-refractivity contribution >= 4 is 18.3 Å². The lowest BCUT2D eigenvalue weighted by molar-refractivity contribution is -0.170. The summed E-state index contributed by atoms with van der Waals surface area (Å²) in [6, 6.07) is 0. The number of nitrogens with one attached hydrogen (secondary N) is 1. The Morgan fingerprint density at radius 2 is 1.74 bits per heavy atom. The highest BCUT2D eigenvalue weighted by molar-refractivity contribution is 5.85. The second-order valence-corrected chi connectivity index (χ2v) is 7.95. The molecule has 19 heavy (non-hydrogen) atoms. The average Bonchev–Trinajstić information content (AvgIpc) is 2.20. The van der Waals surface area contributed by atoms with Gasteiger partial charge in [0.1, 0.15) is 0 Å². The fourth-order valence-corrected chi connectivity index (χ4v) is 6.07. The first-order chi connectivity index (χ1) is 8.39. The highest BCUT2D eigenvalue weighted by Gasteiger charge is 2.62. The molecule has 0 heterocycles. The lowest BCUT2D eigenvalue weighted by Gasteiger charge is -2.64. The van der Waals surface area contributed by atoms with Gasteiger partial charge >= 0.3 is 0 Å². The first-order valence-corrected chi connectivity index (χ1v) is 7.37. The summed E-state index contributed by atoms with van der Waals surface area (Å²) in [6.45, 7) is 5.97. The summed E-state index contributed by atoms with van der Waals surface area (Å²) in [4.78, 5) is 12.6. The Hall–Kier alpha value is -0.280. The summed E-state index contributed by atoms with van der Waals surface area (Å²) in [6.07, 6.45) is 7.32. The van der Waals surface area contributed by atoms with E-state index in [1.807, 2.05) is 0 Å². The average molecular weight is 287 g/mol. The minimum absolute atomic E-state index is 0. The van der Waals surface area contributed by atoms with Crippen LogP contribution in [0.2, 0.25) is 0 Å². The van der Waals surface area contributed by atoms with E-state index in [1.165, 1.54) is 19.3 Å². The Morgan fingerprint density at radius 3 is 2.21 bits per heavy atom. The van der Waals surface area contributed by atoms with Crippen molar-refractivity contribution in [2.45, 2.75) is 52.4 Å². The second kappa shape index (κ2) is 4.63. The predicted octanol–water partition coefficient (Wildman–Crippen LogP) is 2.48. The number of halogens is 1. The quantitative estimate of drug-likeness (QED) is 0.837. The van der Waals surface area contributed by atoms with E-state index in [0.29, 0.717) is 23.9 Å². The molecular weight excluding hydrogens is 260 g/mol. The summed E-state index contributed by atoms with van der Waals surface area (Å²) < 4.78 is 0. The summed E-state index contributed by atoms with van der Waals surface area (Å²) in [5.74, 6) is 1.06. The van der Waals surface area contributed by atoms with Crippen molar-refractivity contribution in [3.8, 4) is 0 Å². The first-order valence-electron chi connectivity index (χ1n) is 7.37. The van der Waals surface area contributed by atoms with Crippen molar-refractivity contribution in [1.29, 1.82) is 0 Å². The van der Waals surface area contributed by atoms with E-state index in [4.69, 9.17) is 5.73 Å². The molecule has 3 nitrogen and oxygen atoms in total. The monoisotopic (exact) mass is 286 g/mol. The molecule has 0 aromatic rings. The maximum Gasteiger partial charge on any atom is 0.226 e. The van der Waals surface area contributed by atoms with Gasteiger partial charge in [0.25, 0.3) is 0 Å². The maximum atomic E-state index is 12.6. The topological polar surface area (TPSA) is 55.1 Å². The van der Waals surface area contributed by atoms with Crippen LogP contribution in [-0.4, -0.2) is 19.0 Å². The molecule has 110 valence electrons. The van der Waals surface area contributed by atoms with Gasteiger partial charge in [-0.25, -0.2) is 0 Å². The lowest BCUT2D eigenvalue weighted by Crippen LogP contribution is -2.60. The van der Waals surface area contributed by atoms with Gasteiger partial charge in [-0.15, -0.1) is 12.4 Å². The minimum atomic E-state index is -0.0713. The number of amides is 1. The van der Waals surface area contributed by atoms with Gasteiger partial charge in [0.05, 0.1) is 5.41 Å². The van der Waals surface area contributed by atoms with Crippen LogP contribution >= 0.6 is 12.4 Å². The molecule has 4 heteroatoms. The molecule has 0 radical (unpaired) electrons. The highest BCUT2D eigenvalue weighted by Crippen LogP contribution is 2.69. The molecule has 0 aliphatic heterocycles. The van der Waals surface area contributed by atoms with Gasteiger partial charge in [0.15, 0.2) is 0 Å². The molecule has 0 aromatic heterocycles. The minimum Gasteiger partial charge on any atom is -0.354 e. The van der Waals surface area contributed by atoms with Gasteiger partial charge < -0.3 is 11.1 Å². The summed E-state index contributed by atoms with van der Waals surface area (Å²) >= 11 is 0. The number of carbonyl (C=O) groups is 1. The van der Waals surface area contributed by atoms with E-state index in [1.54, 1.807) is 0 Å². The Morgan fingerprint density at radius 1 is 1.16 bits per heavy atom. The number of carbonyl (C=O) groups excluding carboxylic acids is 1. The van der Waals surface area contributed by atoms with Crippen LogP contribution in [0.3, 0.4) is 0 Å². The molecule has 3 N–H and O–H groups in total. The molecule has 4 bridgehead atoms. The van der Waals surface area contributed by atoms with E-state index in [2.05, 4.69) is 19.2 Å². The molecule has 0 saturated heterocycles. The molecule has 4 aliphatic rings. The fourth-order valence-electron chi connectivity index (χ4n) is 6.07. The van der Waals surface area contributed by atoms with Crippen LogP contribution in [0.25, 0.3) is 0 Å². The number of hydrogen-bond donors (Lipinski definition) is 2. The van der Waals surface area contributed by atoms with Gasteiger partial charge in [-0.3, -0.25) is 4.79 Å². The zero-order valence-corrected chi connectivity index (χ0v) is 12.9. The summed E-state index contributed by atoms with van der Waals surface area (Å²) in [5.41, 5.74) is 6.26. The largest absolute Gasteiger partial charge is 0.354 e. The Kier molecular flexibility index (Phi) is 3.68. The van der Waals surface area contributed by atoms with Crippen molar-refractivity contribution in [1.82, 2.24) is 5.32 Å². The van der Waals surface area contributed by atoms with E-state index >= 15 is 0 Å². The third-order valence-corrected chi connectivity index (χ3v) is 5.54. The van der Waals surface area contributed by atoms with Gasteiger partial charge in [-0.2, -0.15) is 0 Å². The van der Waals surface area contributed by atoms with Crippen LogP contribution in [0.5, 0.6) is 0 Å². The molecule has 4 rings (SSSR count). The zero-order chi connectivity index (χ0) is 13.0. The number of hydrogen-bond acceptors (Lipinski definition) is 2. The van der Waals surface area contributed by atoms with Gasteiger partial charge in [-0.05, 0) is 55.3 Å². The normalized spacial score (nSPS) is 46.8. The van der Waals surface area contributed by atoms with Crippen LogP contribution in [-0.2, 0) is 4.79 Å². The van der Waals surface area contributed by atoms with Gasteiger partial charge in [0, 0.05) is 13.1 Å². The number of rotatable bonds is 3. The maximum absolute atomic E-state index is 12.6. The second-order valence-electron chi connectivity index (χ2n) is 7.95. The summed E-state index contributed by atoms with van der Waals surface area (Å²) in [5, 5.41) is 3.06. The van der Waals surface area contributed by atoms with Crippen LogP contribution < -0.4 is 11.1 Å². The lowest BCUT2D eigenvalue weighted by atomic mass is 9.40. The van der Waals surface area contributed by atoms with E-state index in [9.17, 15) is 4.79 Å². The van der Waals surface area contributed by atoms with Crippen molar-refractivity contribution in [3.05, 3.63) is 0 Å². The first kappa shape index (κ1) is 15.1. The van der Waals surface area contributed by atoms with E-state index < -0.39 is 0 Å². The standard InChI is InChI=1S/C15H26N2O.ClH/c1-13-5-11-6-14(2,8-13)10-15(7-11,9-13)12(18)17-4-3-16;/h11H,3-10,16H2,1-2H3,(H,17,18);1H. The predicted molar refractivity (Wildman–Crippen MR) is 79.2 cm³/mol. The van der Waals surface area contributed by atoms with Crippen molar-refractivity contribution in [2.75, 3.05) is 13.1 Å². The third-order valence-electron chi connectivity index (χ3n) is 5.54. The van der Waals surface area contributed by atoms with Crippen molar-refractivity contribution in [3.63, 3.8) is 0 Å².